The van der Waals surface area contributed by atoms with Gasteiger partial charge in [0, 0.05) is 37.9 Å². The number of fused-ring (bicyclic) bond motifs is 1. The quantitative estimate of drug-likeness (QED) is 0.767. The number of nitrogens with zero attached hydrogens (tertiary/aromatic N) is 3. The molecule has 0 spiro atoms. The fourth-order valence-corrected chi connectivity index (χ4v) is 3.03. The van der Waals surface area contributed by atoms with Crippen LogP contribution in [-0.4, -0.2) is 73.6 Å². The molecular weight excluding hydrogens is 362 g/mol. The summed E-state index contributed by atoms with van der Waals surface area (Å²) in [4.78, 5) is 14.7. The lowest BCUT2D eigenvalue weighted by atomic mass is 10.2. The van der Waals surface area contributed by atoms with Gasteiger partial charge in [0.15, 0.2) is 17.2 Å². The number of nitrogens with one attached hydrogen (secondary N) is 2. The Kier molecular flexibility index (Phi) is 5.83. The average Bonchev–Trinajstić information content (AvgIpc) is 2.75. The lowest BCUT2D eigenvalue weighted by Crippen LogP contribution is -2.39. The van der Waals surface area contributed by atoms with Crippen molar-refractivity contribution in [2.45, 2.75) is 0 Å². The van der Waals surface area contributed by atoms with E-state index in [1.54, 1.807) is 30.3 Å². The number of hydrogen-bond donors (Lipinski definition) is 2. The van der Waals surface area contributed by atoms with Gasteiger partial charge in [-0.3, -0.25) is 9.69 Å². The van der Waals surface area contributed by atoms with E-state index in [0.29, 0.717) is 36.2 Å². The molecule has 1 aromatic heterocycles. The van der Waals surface area contributed by atoms with Crippen LogP contribution in [0.1, 0.15) is 10.5 Å². The number of morpholine rings is 1. The monoisotopic (exact) mass is 385 g/mol. The van der Waals surface area contributed by atoms with Crippen LogP contribution in [0, 0.1) is 0 Å². The van der Waals surface area contributed by atoms with E-state index in [0.717, 1.165) is 39.4 Å². The van der Waals surface area contributed by atoms with Crippen molar-refractivity contribution in [3.05, 3.63) is 36.0 Å². The third-order valence-electron chi connectivity index (χ3n) is 4.54. The van der Waals surface area contributed by atoms with Gasteiger partial charge < -0.3 is 24.8 Å². The zero-order chi connectivity index (χ0) is 19.2. The van der Waals surface area contributed by atoms with E-state index in [-0.39, 0.29) is 11.6 Å². The molecule has 1 aromatic carbocycles. The Hall–Kier alpha value is -2.91. The summed E-state index contributed by atoms with van der Waals surface area (Å²) in [5, 5.41) is 14.1. The third-order valence-corrected chi connectivity index (χ3v) is 4.54. The lowest BCUT2D eigenvalue weighted by molar-refractivity contribution is 0.0398. The fourth-order valence-electron chi connectivity index (χ4n) is 3.03. The van der Waals surface area contributed by atoms with E-state index < -0.39 is 0 Å². The molecule has 0 aliphatic carbocycles. The second-order valence-electron chi connectivity index (χ2n) is 6.50. The van der Waals surface area contributed by atoms with Crippen molar-refractivity contribution in [3.63, 3.8) is 0 Å². The normalized spacial score (nSPS) is 16.4. The Balaban J connectivity index is 1.28. The standard InChI is InChI=1S/C19H23N5O4/c25-19(21-14-1-3-16-17(13-14)28-12-11-27-16)15-2-4-18(23-22-15)20-5-6-24-7-9-26-10-8-24/h1-4,13H,5-12H2,(H,20,23)(H,21,25). The topological polar surface area (TPSA) is 97.8 Å². The highest BCUT2D eigenvalue weighted by atomic mass is 16.6. The van der Waals surface area contributed by atoms with E-state index in [1.165, 1.54) is 0 Å². The molecule has 0 radical (unpaired) electrons. The number of benzene rings is 1. The zero-order valence-electron chi connectivity index (χ0n) is 15.5. The van der Waals surface area contributed by atoms with Crippen LogP contribution >= 0.6 is 0 Å². The van der Waals surface area contributed by atoms with E-state index in [4.69, 9.17) is 14.2 Å². The van der Waals surface area contributed by atoms with Crippen LogP contribution in [-0.2, 0) is 4.74 Å². The number of hydrogen-bond acceptors (Lipinski definition) is 8. The fraction of sp³-hybridized carbons (Fsp3) is 0.421. The summed E-state index contributed by atoms with van der Waals surface area (Å²) in [6, 6.07) is 8.68. The van der Waals surface area contributed by atoms with Gasteiger partial charge in [0.05, 0.1) is 13.2 Å². The smallest absolute Gasteiger partial charge is 0.276 e. The Labute approximate surface area is 163 Å². The first-order valence-electron chi connectivity index (χ1n) is 9.37. The van der Waals surface area contributed by atoms with Gasteiger partial charge in [-0.15, -0.1) is 10.2 Å². The van der Waals surface area contributed by atoms with Gasteiger partial charge in [0.2, 0.25) is 0 Å². The van der Waals surface area contributed by atoms with Gasteiger partial charge in [0.25, 0.3) is 5.91 Å². The van der Waals surface area contributed by atoms with Crippen molar-refractivity contribution in [2.75, 3.05) is 63.2 Å². The molecule has 2 N–H and O–H groups in total. The first-order valence-corrected chi connectivity index (χ1v) is 9.37. The third kappa shape index (κ3) is 4.68. The highest BCUT2D eigenvalue weighted by molar-refractivity contribution is 6.02. The SMILES string of the molecule is O=C(Nc1ccc2c(c1)OCCO2)c1ccc(NCCN2CCOCC2)nn1. The molecule has 3 heterocycles. The van der Waals surface area contributed by atoms with Crippen molar-refractivity contribution in [3.8, 4) is 11.5 Å². The van der Waals surface area contributed by atoms with Crippen LogP contribution < -0.4 is 20.1 Å². The molecule has 2 aliphatic heterocycles. The Morgan fingerprint density at radius 2 is 1.82 bits per heavy atom. The summed E-state index contributed by atoms with van der Waals surface area (Å²) in [6.07, 6.45) is 0. The van der Waals surface area contributed by atoms with Crippen molar-refractivity contribution in [1.29, 1.82) is 0 Å². The molecule has 9 nitrogen and oxygen atoms in total. The van der Waals surface area contributed by atoms with Gasteiger partial charge in [-0.1, -0.05) is 0 Å². The van der Waals surface area contributed by atoms with E-state index >= 15 is 0 Å². The maximum Gasteiger partial charge on any atom is 0.276 e. The second-order valence-corrected chi connectivity index (χ2v) is 6.50. The molecule has 148 valence electrons. The number of aromatic nitrogens is 2. The highest BCUT2D eigenvalue weighted by Crippen LogP contribution is 2.32. The van der Waals surface area contributed by atoms with Gasteiger partial charge in [-0.2, -0.15) is 0 Å². The molecule has 1 fully saturated rings. The molecule has 0 unspecified atom stereocenters. The largest absolute Gasteiger partial charge is 0.486 e. The molecule has 2 aromatic rings. The molecule has 4 rings (SSSR count). The van der Waals surface area contributed by atoms with E-state index in [9.17, 15) is 4.79 Å². The number of carbonyl (C=O) groups excluding carboxylic acids is 1. The summed E-state index contributed by atoms with van der Waals surface area (Å²) in [6.45, 7) is 6.17. The van der Waals surface area contributed by atoms with Gasteiger partial charge >= 0.3 is 0 Å². The van der Waals surface area contributed by atoms with Crippen molar-refractivity contribution < 1.29 is 19.0 Å². The Morgan fingerprint density at radius 3 is 2.61 bits per heavy atom. The number of ether oxygens (including phenoxy) is 3. The van der Waals surface area contributed by atoms with Crippen molar-refractivity contribution >= 4 is 17.4 Å². The summed E-state index contributed by atoms with van der Waals surface area (Å²) in [5.74, 6) is 1.61. The molecule has 0 saturated carbocycles. The molecule has 1 saturated heterocycles. The minimum absolute atomic E-state index is 0.244. The number of amides is 1. The second kappa shape index (κ2) is 8.85. The first kappa shape index (κ1) is 18.5. The predicted octanol–water partition coefficient (Wildman–Crippen LogP) is 1.24. The maximum atomic E-state index is 12.4. The summed E-state index contributed by atoms with van der Waals surface area (Å²) < 4.78 is 16.3. The molecule has 0 atom stereocenters. The Morgan fingerprint density at radius 1 is 1.00 bits per heavy atom. The molecule has 9 heteroatoms. The molecule has 2 aliphatic rings. The van der Waals surface area contributed by atoms with E-state index in [1.807, 2.05) is 0 Å². The summed E-state index contributed by atoms with van der Waals surface area (Å²) in [7, 11) is 0. The summed E-state index contributed by atoms with van der Waals surface area (Å²) >= 11 is 0. The van der Waals surface area contributed by atoms with E-state index in [2.05, 4.69) is 25.7 Å². The van der Waals surface area contributed by atoms with Crippen LogP contribution in [0.4, 0.5) is 11.5 Å². The highest BCUT2D eigenvalue weighted by Gasteiger charge is 2.14. The van der Waals surface area contributed by atoms with Crippen LogP contribution in [0.3, 0.4) is 0 Å². The summed E-state index contributed by atoms with van der Waals surface area (Å²) in [5.41, 5.74) is 0.859. The van der Waals surface area contributed by atoms with Crippen LogP contribution in [0.25, 0.3) is 0 Å². The zero-order valence-corrected chi connectivity index (χ0v) is 15.5. The molecule has 1 amide bonds. The first-order chi connectivity index (χ1) is 13.8. The minimum Gasteiger partial charge on any atom is -0.486 e. The van der Waals surface area contributed by atoms with Crippen molar-refractivity contribution in [2.24, 2.45) is 0 Å². The molecular formula is C19H23N5O4. The van der Waals surface area contributed by atoms with Crippen LogP contribution in [0.2, 0.25) is 0 Å². The predicted molar refractivity (Wildman–Crippen MR) is 103 cm³/mol. The number of carbonyl (C=O) groups is 1. The van der Waals surface area contributed by atoms with Crippen LogP contribution in [0.5, 0.6) is 11.5 Å². The maximum absolute atomic E-state index is 12.4. The molecule has 28 heavy (non-hydrogen) atoms. The van der Waals surface area contributed by atoms with Crippen LogP contribution in [0.15, 0.2) is 30.3 Å². The van der Waals surface area contributed by atoms with Gasteiger partial charge in [-0.25, -0.2) is 0 Å². The van der Waals surface area contributed by atoms with Crippen molar-refractivity contribution in [1.82, 2.24) is 15.1 Å². The number of anilines is 2. The van der Waals surface area contributed by atoms with Gasteiger partial charge in [0.1, 0.15) is 19.0 Å². The lowest BCUT2D eigenvalue weighted by Gasteiger charge is -2.26. The average molecular weight is 385 g/mol. The van der Waals surface area contributed by atoms with Gasteiger partial charge in [-0.05, 0) is 24.3 Å². The Bertz CT molecular complexity index is 808. The minimum atomic E-state index is -0.330. The number of rotatable bonds is 6. The molecule has 0 bridgehead atoms.